The molecule has 0 amide bonds. The van der Waals surface area contributed by atoms with Gasteiger partial charge >= 0.3 is 6.18 Å². The van der Waals surface area contributed by atoms with Crippen molar-refractivity contribution in [3.05, 3.63) is 52.0 Å². The van der Waals surface area contributed by atoms with E-state index in [1.807, 2.05) is 0 Å². The Morgan fingerprint density at radius 1 is 1.10 bits per heavy atom. The molecule has 0 heterocycles. The third kappa shape index (κ3) is 3.47. The number of ether oxygens (including phenoxy) is 1. The predicted molar refractivity (Wildman–Crippen MR) is 74.8 cm³/mol. The number of nitrogens with zero attached hydrogens (tertiary/aromatic N) is 1. The van der Waals surface area contributed by atoms with Crippen LogP contribution in [-0.4, -0.2) is 0 Å². The molecule has 0 saturated heterocycles. The lowest BCUT2D eigenvalue weighted by Crippen LogP contribution is -2.08. The lowest BCUT2D eigenvalue weighted by Gasteiger charge is -2.15. The fourth-order valence-corrected chi connectivity index (χ4v) is 1.97. The second-order valence-electron chi connectivity index (χ2n) is 4.10. The summed E-state index contributed by atoms with van der Waals surface area (Å²) in [7, 11) is 0. The molecule has 0 unspecified atom stereocenters. The highest BCUT2D eigenvalue weighted by Gasteiger charge is 2.35. The number of halogens is 4. The van der Waals surface area contributed by atoms with Crippen LogP contribution in [-0.2, 0) is 6.18 Å². The third-order valence-electron chi connectivity index (χ3n) is 2.61. The van der Waals surface area contributed by atoms with Gasteiger partial charge in [0.05, 0.1) is 22.9 Å². The van der Waals surface area contributed by atoms with Crippen LogP contribution in [0.4, 0.5) is 18.9 Å². The quantitative estimate of drug-likeness (QED) is 0.792. The fourth-order valence-electron chi connectivity index (χ4n) is 1.63. The highest BCUT2D eigenvalue weighted by molar-refractivity contribution is 9.10. The zero-order valence-electron chi connectivity index (χ0n) is 10.4. The minimum Gasteiger partial charge on any atom is -0.455 e. The van der Waals surface area contributed by atoms with Crippen molar-refractivity contribution in [3.8, 4) is 17.6 Å². The predicted octanol–water partition coefficient (Wildman–Crippen LogP) is 4.71. The van der Waals surface area contributed by atoms with Gasteiger partial charge in [-0.2, -0.15) is 18.4 Å². The molecule has 0 aromatic heterocycles. The van der Waals surface area contributed by atoms with Gasteiger partial charge in [0.25, 0.3) is 0 Å². The monoisotopic (exact) mass is 356 g/mol. The topological polar surface area (TPSA) is 59.0 Å². The van der Waals surface area contributed by atoms with Crippen LogP contribution in [0.15, 0.2) is 40.9 Å². The largest absolute Gasteiger partial charge is 0.455 e. The van der Waals surface area contributed by atoms with Gasteiger partial charge in [-0.25, -0.2) is 0 Å². The van der Waals surface area contributed by atoms with Gasteiger partial charge in [-0.15, -0.1) is 0 Å². The van der Waals surface area contributed by atoms with Crippen molar-refractivity contribution in [2.24, 2.45) is 0 Å². The lowest BCUT2D eigenvalue weighted by atomic mass is 10.1. The van der Waals surface area contributed by atoms with Crippen molar-refractivity contribution < 1.29 is 17.9 Å². The molecule has 2 rings (SSSR count). The maximum atomic E-state index is 13.0. The summed E-state index contributed by atoms with van der Waals surface area (Å²) < 4.78 is 44.9. The number of nitrogens with two attached hydrogens (primary N) is 1. The summed E-state index contributed by atoms with van der Waals surface area (Å²) in [6.45, 7) is 0. The van der Waals surface area contributed by atoms with Gasteiger partial charge in [0, 0.05) is 4.47 Å². The molecule has 108 valence electrons. The minimum absolute atomic E-state index is 0.0968. The highest BCUT2D eigenvalue weighted by Crippen LogP contribution is 2.40. The summed E-state index contributed by atoms with van der Waals surface area (Å²) in [5.74, 6) is -0.314. The van der Waals surface area contributed by atoms with E-state index < -0.39 is 17.5 Å². The summed E-state index contributed by atoms with van der Waals surface area (Å²) in [6.07, 6.45) is -4.64. The van der Waals surface area contributed by atoms with Crippen LogP contribution in [0.5, 0.6) is 11.5 Å². The molecule has 0 bridgehead atoms. The first-order chi connectivity index (χ1) is 9.81. The number of nitrogen functional groups attached to an aromatic ring is 1. The van der Waals surface area contributed by atoms with Crippen LogP contribution in [0.1, 0.15) is 11.1 Å². The molecule has 2 aromatic rings. The number of benzene rings is 2. The average Bonchev–Trinajstić information content (AvgIpc) is 2.42. The number of anilines is 1. The van der Waals surface area contributed by atoms with Crippen molar-refractivity contribution in [1.29, 1.82) is 5.26 Å². The summed E-state index contributed by atoms with van der Waals surface area (Å²) >= 11 is 3.19. The van der Waals surface area contributed by atoms with Gasteiger partial charge < -0.3 is 10.5 Å². The van der Waals surface area contributed by atoms with Crippen LogP contribution in [0.25, 0.3) is 0 Å². The molecule has 0 aliphatic rings. The Morgan fingerprint density at radius 2 is 1.81 bits per heavy atom. The fraction of sp³-hybridized carbons (Fsp3) is 0.0714. The first kappa shape index (κ1) is 15.2. The molecule has 7 heteroatoms. The number of alkyl halides is 3. The van der Waals surface area contributed by atoms with Crippen molar-refractivity contribution in [2.45, 2.75) is 6.18 Å². The van der Waals surface area contributed by atoms with Gasteiger partial charge in [-0.1, -0.05) is 15.9 Å². The molecule has 3 nitrogen and oxygen atoms in total. The van der Waals surface area contributed by atoms with E-state index in [0.717, 1.165) is 12.1 Å². The number of rotatable bonds is 2. The number of hydrogen-bond donors (Lipinski definition) is 1. The Hall–Kier alpha value is -2.20. The van der Waals surface area contributed by atoms with Gasteiger partial charge in [0.2, 0.25) is 0 Å². The molecule has 2 aromatic carbocycles. The van der Waals surface area contributed by atoms with E-state index in [1.54, 1.807) is 12.1 Å². The van der Waals surface area contributed by atoms with Crippen LogP contribution in [0.2, 0.25) is 0 Å². The molecule has 0 aliphatic carbocycles. The second-order valence-corrected chi connectivity index (χ2v) is 5.02. The first-order valence-electron chi connectivity index (χ1n) is 5.65. The van der Waals surface area contributed by atoms with Crippen molar-refractivity contribution >= 4 is 21.6 Å². The molecule has 0 aliphatic heterocycles. The van der Waals surface area contributed by atoms with Gasteiger partial charge in [-0.05, 0) is 36.4 Å². The van der Waals surface area contributed by atoms with Crippen LogP contribution in [0, 0.1) is 11.3 Å². The maximum absolute atomic E-state index is 13.0. The summed E-state index contributed by atoms with van der Waals surface area (Å²) in [6, 6.07) is 9.37. The Morgan fingerprint density at radius 3 is 2.43 bits per heavy atom. The van der Waals surface area contributed by atoms with Gasteiger partial charge in [0.1, 0.15) is 5.75 Å². The smallest absolute Gasteiger partial charge is 0.420 e. The van der Waals surface area contributed by atoms with E-state index in [4.69, 9.17) is 15.7 Å². The highest BCUT2D eigenvalue weighted by atomic mass is 79.9. The van der Waals surface area contributed by atoms with Crippen LogP contribution < -0.4 is 10.5 Å². The van der Waals surface area contributed by atoms with Gasteiger partial charge in [-0.3, -0.25) is 0 Å². The molecule has 0 spiro atoms. The Bertz CT molecular complexity index is 723. The summed E-state index contributed by atoms with van der Waals surface area (Å²) in [5.41, 5.74) is 4.75. The molecule has 0 saturated carbocycles. The second kappa shape index (κ2) is 5.66. The normalized spacial score (nSPS) is 11.0. The van der Waals surface area contributed by atoms with E-state index in [1.165, 1.54) is 18.2 Å². The van der Waals surface area contributed by atoms with E-state index in [0.29, 0.717) is 4.47 Å². The van der Waals surface area contributed by atoms with Crippen molar-refractivity contribution in [3.63, 3.8) is 0 Å². The van der Waals surface area contributed by atoms with Gasteiger partial charge in [0.15, 0.2) is 5.75 Å². The molecular formula is C14H8BrF3N2O. The van der Waals surface area contributed by atoms with Crippen LogP contribution in [0.3, 0.4) is 0 Å². The number of hydrogen-bond acceptors (Lipinski definition) is 3. The van der Waals surface area contributed by atoms with E-state index in [-0.39, 0.29) is 17.0 Å². The minimum atomic E-state index is -4.64. The molecule has 0 fully saturated rings. The number of nitriles is 1. The van der Waals surface area contributed by atoms with Crippen LogP contribution >= 0.6 is 15.9 Å². The molecule has 2 N–H and O–H groups in total. The SMILES string of the molecule is N#Cc1ccc(Oc2cc(Br)ccc2N)c(C(F)(F)F)c1. The summed E-state index contributed by atoms with van der Waals surface area (Å²) in [5, 5.41) is 8.70. The van der Waals surface area contributed by atoms with Crippen molar-refractivity contribution in [2.75, 3.05) is 5.73 Å². The van der Waals surface area contributed by atoms with Crippen molar-refractivity contribution in [1.82, 2.24) is 0 Å². The van der Waals surface area contributed by atoms with E-state index in [2.05, 4.69) is 15.9 Å². The van der Waals surface area contributed by atoms with E-state index >= 15 is 0 Å². The zero-order valence-corrected chi connectivity index (χ0v) is 12.0. The maximum Gasteiger partial charge on any atom is 0.420 e. The first-order valence-corrected chi connectivity index (χ1v) is 6.45. The Balaban J connectivity index is 2.49. The average molecular weight is 357 g/mol. The zero-order chi connectivity index (χ0) is 15.6. The molecule has 0 atom stereocenters. The van der Waals surface area contributed by atoms with E-state index in [9.17, 15) is 13.2 Å². The molecular weight excluding hydrogens is 349 g/mol. The molecule has 21 heavy (non-hydrogen) atoms. The molecule has 0 radical (unpaired) electrons. The Labute approximate surface area is 126 Å². The Kier molecular flexibility index (Phi) is 4.09. The lowest BCUT2D eigenvalue weighted by molar-refractivity contribution is -0.138. The summed E-state index contributed by atoms with van der Waals surface area (Å²) in [4.78, 5) is 0. The third-order valence-corrected chi connectivity index (χ3v) is 3.10. The standard InChI is InChI=1S/C14H8BrF3N2O/c15-9-2-3-11(20)13(6-9)21-12-4-1-8(7-19)5-10(12)14(16,17)18/h1-6H,20H2.